The second-order valence-electron chi connectivity index (χ2n) is 3.83. The summed E-state index contributed by atoms with van der Waals surface area (Å²) in [6, 6.07) is 6.13. The Morgan fingerprint density at radius 1 is 1.20 bits per heavy atom. The van der Waals surface area contributed by atoms with Gasteiger partial charge in [-0.05, 0) is 44.9 Å². The molecule has 0 saturated heterocycles. The van der Waals surface area contributed by atoms with E-state index in [4.69, 9.17) is 0 Å². The number of ketones is 1. The molecule has 0 unspecified atom stereocenters. The molecule has 2 heteroatoms. The number of hydrogen-bond donors (Lipinski definition) is 1. The van der Waals surface area contributed by atoms with Crippen molar-refractivity contribution in [2.24, 2.45) is 0 Å². The minimum atomic E-state index is 0.0613. The molecule has 0 aliphatic heterocycles. The molecule has 0 saturated carbocycles. The number of benzene rings is 1. The predicted octanol–water partition coefficient (Wildman–Crippen LogP) is 3.21. The highest BCUT2D eigenvalue weighted by Crippen LogP contribution is 2.20. The molecule has 0 aliphatic carbocycles. The van der Waals surface area contributed by atoms with Crippen molar-refractivity contribution in [3.05, 3.63) is 41.1 Å². The molecule has 15 heavy (non-hydrogen) atoms. The summed E-state index contributed by atoms with van der Waals surface area (Å²) < 4.78 is 0. The van der Waals surface area contributed by atoms with Crippen molar-refractivity contribution in [1.82, 2.24) is 0 Å². The Hall–Kier alpha value is -1.57. The highest BCUT2D eigenvalue weighted by Gasteiger charge is 2.01. The molecule has 1 aromatic carbocycles. The third kappa shape index (κ3) is 3.24. The van der Waals surface area contributed by atoms with Crippen LogP contribution in [0.15, 0.2) is 30.0 Å². The average Bonchev–Trinajstić information content (AvgIpc) is 2.10. The number of allylic oxidation sites excluding steroid dienone is 2. The Morgan fingerprint density at radius 2 is 1.73 bits per heavy atom. The highest BCUT2D eigenvalue weighted by molar-refractivity contribution is 5.88. The maximum absolute atomic E-state index is 10.9. The molecule has 0 aromatic heterocycles. The fourth-order valence-corrected chi connectivity index (χ4v) is 1.55. The molecule has 1 rings (SSSR count). The van der Waals surface area contributed by atoms with Gasteiger partial charge in [0.05, 0.1) is 0 Å². The average molecular weight is 203 g/mol. The Morgan fingerprint density at radius 3 is 2.20 bits per heavy atom. The van der Waals surface area contributed by atoms with Crippen LogP contribution in [-0.4, -0.2) is 5.78 Å². The first kappa shape index (κ1) is 11.5. The van der Waals surface area contributed by atoms with Crippen molar-refractivity contribution >= 4 is 11.5 Å². The quantitative estimate of drug-likeness (QED) is 0.764. The van der Waals surface area contributed by atoms with Crippen molar-refractivity contribution in [3.8, 4) is 0 Å². The van der Waals surface area contributed by atoms with Crippen LogP contribution < -0.4 is 5.32 Å². The molecule has 2 nitrogen and oxygen atoms in total. The van der Waals surface area contributed by atoms with E-state index in [9.17, 15) is 4.79 Å². The van der Waals surface area contributed by atoms with Crippen molar-refractivity contribution in [2.75, 3.05) is 5.32 Å². The van der Waals surface area contributed by atoms with Gasteiger partial charge in [-0.1, -0.05) is 18.2 Å². The first-order valence-corrected chi connectivity index (χ1v) is 5.03. The molecule has 0 fully saturated rings. The van der Waals surface area contributed by atoms with Gasteiger partial charge in [0.15, 0.2) is 5.78 Å². The number of aryl methyl sites for hydroxylation is 2. The molecule has 0 radical (unpaired) electrons. The van der Waals surface area contributed by atoms with E-state index in [1.807, 2.05) is 13.0 Å². The number of hydrogen-bond acceptors (Lipinski definition) is 2. The molecule has 0 heterocycles. The van der Waals surface area contributed by atoms with Crippen LogP contribution in [0.4, 0.5) is 5.69 Å². The van der Waals surface area contributed by atoms with Crippen molar-refractivity contribution < 1.29 is 4.79 Å². The van der Waals surface area contributed by atoms with Crippen LogP contribution in [0.3, 0.4) is 0 Å². The standard InChI is InChI=1S/C13H17NO/c1-9-6-5-7-10(2)13(9)14-11(3)8-12(4)15/h5-8,14H,1-4H3/b11-8-. The lowest BCUT2D eigenvalue weighted by atomic mass is 10.1. The largest absolute Gasteiger partial charge is 0.359 e. The summed E-state index contributed by atoms with van der Waals surface area (Å²) >= 11 is 0. The van der Waals surface area contributed by atoms with Gasteiger partial charge < -0.3 is 5.32 Å². The number of carbonyl (C=O) groups excluding carboxylic acids is 1. The topological polar surface area (TPSA) is 29.1 Å². The zero-order valence-corrected chi connectivity index (χ0v) is 9.72. The van der Waals surface area contributed by atoms with Gasteiger partial charge >= 0.3 is 0 Å². The maximum Gasteiger partial charge on any atom is 0.154 e. The molecule has 0 aliphatic rings. The number of para-hydroxylation sites is 1. The predicted molar refractivity (Wildman–Crippen MR) is 64.0 cm³/mol. The van der Waals surface area contributed by atoms with Crippen molar-refractivity contribution in [1.29, 1.82) is 0 Å². The second-order valence-corrected chi connectivity index (χ2v) is 3.83. The van der Waals surface area contributed by atoms with E-state index in [-0.39, 0.29) is 5.78 Å². The normalized spacial score (nSPS) is 11.3. The Bertz CT molecular complexity index is 385. The van der Waals surface area contributed by atoms with E-state index in [0.717, 1.165) is 11.4 Å². The van der Waals surface area contributed by atoms with Crippen molar-refractivity contribution in [2.45, 2.75) is 27.7 Å². The molecular weight excluding hydrogens is 186 g/mol. The smallest absolute Gasteiger partial charge is 0.154 e. The van der Waals surface area contributed by atoms with Gasteiger partial charge in [-0.2, -0.15) is 0 Å². The first-order chi connectivity index (χ1) is 7.00. The van der Waals surface area contributed by atoms with E-state index in [1.54, 1.807) is 13.0 Å². The molecule has 0 bridgehead atoms. The number of rotatable bonds is 3. The third-order valence-corrected chi connectivity index (χ3v) is 2.22. The highest BCUT2D eigenvalue weighted by atomic mass is 16.1. The fourth-order valence-electron chi connectivity index (χ4n) is 1.55. The minimum Gasteiger partial charge on any atom is -0.359 e. The van der Waals surface area contributed by atoms with E-state index >= 15 is 0 Å². The minimum absolute atomic E-state index is 0.0613. The summed E-state index contributed by atoms with van der Waals surface area (Å²) in [6.45, 7) is 7.55. The van der Waals surface area contributed by atoms with Gasteiger partial charge in [-0.3, -0.25) is 4.79 Å². The molecule has 80 valence electrons. The molecule has 1 aromatic rings. The molecule has 0 atom stereocenters. The Kier molecular flexibility index (Phi) is 3.67. The summed E-state index contributed by atoms with van der Waals surface area (Å²) in [5.74, 6) is 0.0613. The van der Waals surface area contributed by atoms with Gasteiger partial charge in [0.2, 0.25) is 0 Å². The van der Waals surface area contributed by atoms with E-state index in [1.165, 1.54) is 11.1 Å². The lowest BCUT2D eigenvalue weighted by Gasteiger charge is -2.12. The Balaban J connectivity index is 2.94. The zero-order chi connectivity index (χ0) is 11.4. The first-order valence-electron chi connectivity index (χ1n) is 5.03. The summed E-state index contributed by atoms with van der Waals surface area (Å²) in [4.78, 5) is 10.9. The van der Waals surface area contributed by atoms with Crippen LogP contribution in [0.2, 0.25) is 0 Å². The molecule has 0 amide bonds. The monoisotopic (exact) mass is 203 g/mol. The van der Waals surface area contributed by atoms with Crippen molar-refractivity contribution in [3.63, 3.8) is 0 Å². The van der Waals surface area contributed by atoms with Crippen LogP contribution in [0.1, 0.15) is 25.0 Å². The van der Waals surface area contributed by atoms with Crippen LogP contribution in [0.5, 0.6) is 0 Å². The number of carbonyl (C=O) groups is 1. The van der Waals surface area contributed by atoms with Crippen LogP contribution in [0, 0.1) is 13.8 Å². The van der Waals surface area contributed by atoms with E-state index in [2.05, 4.69) is 31.3 Å². The zero-order valence-electron chi connectivity index (χ0n) is 9.72. The molecule has 1 N–H and O–H groups in total. The Labute approximate surface area is 91.0 Å². The summed E-state index contributed by atoms with van der Waals surface area (Å²) in [6.07, 6.45) is 1.60. The summed E-state index contributed by atoms with van der Waals surface area (Å²) in [5, 5.41) is 3.25. The summed E-state index contributed by atoms with van der Waals surface area (Å²) in [7, 11) is 0. The van der Waals surface area contributed by atoms with Gasteiger partial charge in [-0.15, -0.1) is 0 Å². The molecular formula is C13H17NO. The van der Waals surface area contributed by atoms with Gasteiger partial charge in [0.1, 0.15) is 0 Å². The number of nitrogens with one attached hydrogen (secondary N) is 1. The lowest BCUT2D eigenvalue weighted by molar-refractivity contribution is -0.112. The van der Waals surface area contributed by atoms with Gasteiger partial charge in [0, 0.05) is 11.4 Å². The summed E-state index contributed by atoms with van der Waals surface area (Å²) in [5.41, 5.74) is 4.34. The van der Waals surface area contributed by atoms with E-state index in [0.29, 0.717) is 0 Å². The van der Waals surface area contributed by atoms with Gasteiger partial charge in [0.25, 0.3) is 0 Å². The maximum atomic E-state index is 10.9. The van der Waals surface area contributed by atoms with E-state index < -0.39 is 0 Å². The third-order valence-electron chi connectivity index (χ3n) is 2.22. The van der Waals surface area contributed by atoms with Crippen LogP contribution in [0.25, 0.3) is 0 Å². The van der Waals surface area contributed by atoms with Crippen LogP contribution >= 0.6 is 0 Å². The second kappa shape index (κ2) is 4.78. The molecule has 0 spiro atoms. The number of anilines is 1. The fraction of sp³-hybridized carbons (Fsp3) is 0.308. The van der Waals surface area contributed by atoms with Gasteiger partial charge in [-0.25, -0.2) is 0 Å². The SMILES string of the molecule is CC(=O)/C=C(/C)Nc1c(C)cccc1C. The van der Waals surface area contributed by atoms with Crippen LogP contribution in [-0.2, 0) is 4.79 Å². The lowest BCUT2D eigenvalue weighted by Crippen LogP contribution is -2.01.